The molecule has 3 rings (SSSR count). The summed E-state index contributed by atoms with van der Waals surface area (Å²) in [6.45, 7) is 0. The normalized spacial score (nSPS) is 10.5. The summed E-state index contributed by atoms with van der Waals surface area (Å²) in [6.07, 6.45) is 0. The number of fused-ring (bicyclic) bond motifs is 1. The van der Waals surface area contributed by atoms with Crippen LogP contribution in [0.25, 0.3) is 5.65 Å². The molecule has 0 bridgehead atoms. The fourth-order valence-electron chi connectivity index (χ4n) is 1.39. The van der Waals surface area contributed by atoms with Crippen molar-refractivity contribution in [3.8, 4) is 0 Å². The Labute approximate surface area is 90.9 Å². The second-order valence-electron chi connectivity index (χ2n) is 3.24. The van der Waals surface area contributed by atoms with Crippen LogP contribution in [0.3, 0.4) is 0 Å². The Bertz CT molecular complexity index is 603. The molecule has 0 spiro atoms. The Balaban J connectivity index is 1.94. The minimum atomic E-state index is 0.624. The minimum absolute atomic E-state index is 0.624. The Morgan fingerprint density at radius 3 is 2.75 bits per heavy atom. The van der Waals surface area contributed by atoms with Gasteiger partial charge in [-0.2, -0.15) is 0 Å². The number of hydrogen-bond donors (Lipinski definition) is 1. The van der Waals surface area contributed by atoms with Crippen molar-refractivity contribution in [2.24, 2.45) is 0 Å². The van der Waals surface area contributed by atoms with Gasteiger partial charge in [-0.25, -0.2) is 0 Å². The van der Waals surface area contributed by atoms with Crippen molar-refractivity contribution in [3.05, 3.63) is 42.5 Å². The molecule has 1 aromatic carbocycles. The Hall–Kier alpha value is -2.50. The molecule has 0 aliphatic carbocycles. The third-order valence-electron chi connectivity index (χ3n) is 2.12. The summed E-state index contributed by atoms with van der Waals surface area (Å²) in [6, 6.07) is 13.4. The maximum Gasteiger partial charge on any atom is 0.200 e. The molecular weight excluding hydrogens is 204 g/mol. The van der Waals surface area contributed by atoms with E-state index in [1.165, 1.54) is 4.63 Å². The summed E-state index contributed by atoms with van der Waals surface area (Å²) in [5.41, 5.74) is 1.60. The van der Waals surface area contributed by atoms with Gasteiger partial charge < -0.3 is 5.32 Å². The fraction of sp³-hybridized carbons (Fsp3) is 0. The maximum atomic E-state index is 4.20. The highest BCUT2D eigenvalue weighted by molar-refractivity contribution is 5.56. The average molecular weight is 212 g/mol. The van der Waals surface area contributed by atoms with Crippen LogP contribution < -0.4 is 5.32 Å². The van der Waals surface area contributed by atoms with Gasteiger partial charge in [-0.15, -0.1) is 14.8 Å². The van der Waals surface area contributed by atoms with Crippen LogP contribution in [0.4, 0.5) is 11.5 Å². The molecule has 2 heterocycles. The number of para-hydroxylation sites is 1. The van der Waals surface area contributed by atoms with E-state index >= 15 is 0 Å². The summed E-state index contributed by atoms with van der Waals surface area (Å²) in [5.74, 6) is 0.700. The third-order valence-corrected chi connectivity index (χ3v) is 2.12. The molecule has 0 unspecified atom stereocenters. The van der Waals surface area contributed by atoms with E-state index in [-0.39, 0.29) is 0 Å². The number of rotatable bonds is 2. The van der Waals surface area contributed by atoms with Crippen molar-refractivity contribution in [2.45, 2.75) is 0 Å². The average Bonchev–Trinajstić information content (AvgIpc) is 2.77. The van der Waals surface area contributed by atoms with Crippen molar-refractivity contribution in [1.82, 2.24) is 25.3 Å². The molecule has 78 valence electrons. The Kier molecular flexibility index (Phi) is 1.96. The number of anilines is 2. The molecule has 0 saturated heterocycles. The van der Waals surface area contributed by atoms with Gasteiger partial charge >= 0.3 is 0 Å². The molecule has 1 N–H and O–H groups in total. The maximum absolute atomic E-state index is 4.20. The molecule has 0 radical (unpaired) electrons. The molecule has 0 aliphatic rings. The molecule has 6 heteroatoms. The number of benzene rings is 1. The van der Waals surface area contributed by atoms with E-state index in [1.807, 2.05) is 36.4 Å². The Morgan fingerprint density at radius 1 is 1.00 bits per heavy atom. The van der Waals surface area contributed by atoms with E-state index < -0.39 is 0 Å². The van der Waals surface area contributed by atoms with Crippen molar-refractivity contribution in [1.29, 1.82) is 0 Å². The van der Waals surface area contributed by atoms with Crippen LogP contribution in [0.5, 0.6) is 0 Å². The highest BCUT2D eigenvalue weighted by Crippen LogP contribution is 2.12. The van der Waals surface area contributed by atoms with Gasteiger partial charge in [-0.1, -0.05) is 18.2 Å². The minimum Gasteiger partial charge on any atom is -0.339 e. The largest absolute Gasteiger partial charge is 0.339 e. The number of nitrogens with zero attached hydrogens (tertiary/aromatic N) is 5. The summed E-state index contributed by atoms with van der Waals surface area (Å²) >= 11 is 0. The van der Waals surface area contributed by atoms with Gasteiger partial charge in [0, 0.05) is 5.69 Å². The summed E-state index contributed by atoms with van der Waals surface area (Å²) in [5, 5.41) is 18.4. The molecule has 0 aliphatic heterocycles. The monoisotopic (exact) mass is 212 g/mol. The van der Waals surface area contributed by atoms with Gasteiger partial charge in [0.15, 0.2) is 11.5 Å². The lowest BCUT2D eigenvalue weighted by Crippen LogP contribution is -1.99. The quantitative estimate of drug-likeness (QED) is 0.692. The van der Waals surface area contributed by atoms with Crippen LogP contribution in [0.1, 0.15) is 0 Å². The van der Waals surface area contributed by atoms with E-state index in [0.717, 1.165) is 5.69 Å². The molecule has 0 saturated carbocycles. The van der Waals surface area contributed by atoms with E-state index in [1.54, 1.807) is 6.07 Å². The van der Waals surface area contributed by atoms with Gasteiger partial charge in [0.25, 0.3) is 0 Å². The predicted molar refractivity (Wildman–Crippen MR) is 58.3 cm³/mol. The van der Waals surface area contributed by atoms with Crippen molar-refractivity contribution >= 4 is 17.2 Å². The lowest BCUT2D eigenvalue weighted by molar-refractivity contribution is 0.736. The first-order valence-corrected chi connectivity index (χ1v) is 4.79. The second kappa shape index (κ2) is 3.58. The fourth-order valence-corrected chi connectivity index (χ4v) is 1.39. The van der Waals surface area contributed by atoms with Gasteiger partial charge in [0.2, 0.25) is 0 Å². The Morgan fingerprint density at radius 2 is 1.88 bits per heavy atom. The molecule has 0 atom stereocenters. The first-order chi connectivity index (χ1) is 7.92. The summed E-state index contributed by atoms with van der Waals surface area (Å²) in [7, 11) is 0. The smallest absolute Gasteiger partial charge is 0.200 e. The third kappa shape index (κ3) is 1.56. The number of tetrazole rings is 1. The number of nitrogens with one attached hydrogen (secondary N) is 1. The standard InChI is InChI=1S/C10H8N6/c1-2-4-8(5-3-1)11-9-6-7-10-12-14-15-16(10)13-9/h1-7H,(H,11,13). The lowest BCUT2D eigenvalue weighted by Gasteiger charge is -2.03. The van der Waals surface area contributed by atoms with Gasteiger partial charge in [-0.05, 0) is 34.7 Å². The van der Waals surface area contributed by atoms with Crippen molar-refractivity contribution in [2.75, 3.05) is 5.32 Å². The zero-order valence-electron chi connectivity index (χ0n) is 8.28. The first kappa shape index (κ1) is 8.78. The van der Waals surface area contributed by atoms with Crippen LogP contribution in [-0.4, -0.2) is 25.3 Å². The molecule has 16 heavy (non-hydrogen) atoms. The van der Waals surface area contributed by atoms with E-state index in [9.17, 15) is 0 Å². The molecule has 0 amide bonds. The van der Waals surface area contributed by atoms with E-state index in [0.29, 0.717) is 11.5 Å². The topological polar surface area (TPSA) is 68.0 Å². The zero-order chi connectivity index (χ0) is 10.8. The van der Waals surface area contributed by atoms with Gasteiger partial charge in [-0.3, -0.25) is 0 Å². The zero-order valence-corrected chi connectivity index (χ0v) is 8.28. The van der Waals surface area contributed by atoms with Crippen molar-refractivity contribution in [3.63, 3.8) is 0 Å². The summed E-state index contributed by atoms with van der Waals surface area (Å²) < 4.78 is 1.38. The van der Waals surface area contributed by atoms with Crippen LogP contribution in [0.2, 0.25) is 0 Å². The van der Waals surface area contributed by atoms with E-state index in [2.05, 4.69) is 25.9 Å². The van der Waals surface area contributed by atoms with Crippen molar-refractivity contribution < 1.29 is 0 Å². The SMILES string of the molecule is c1ccc(Nc2ccc3nnnn3n2)cc1. The highest BCUT2D eigenvalue weighted by Gasteiger charge is 2.00. The van der Waals surface area contributed by atoms with Gasteiger partial charge in [0.05, 0.1) is 0 Å². The number of aromatic nitrogens is 5. The lowest BCUT2D eigenvalue weighted by atomic mass is 10.3. The summed E-state index contributed by atoms with van der Waals surface area (Å²) in [4.78, 5) is 0. The molecule has 3 aromatic rings. The molecule has 0 fully saturated rings. The van der Waals surface area contributed by atoms with Crippen LogP contribution in [0.15, 0.2) is 42.5 Å². The van der Waals surface area contributed by atoms with Crippen LogP contribution >= 0.6 is 0 Å². The van der Waals surface area contributed by atoms with Crippen LogP contribution in [-0.2, 0) is 0 Å². The molecule has 6 nitrogen and oxygen atoms in total. The molecular formula is C10H8N6. The predicted octanol–water partition coefficient (Wildman–Crippen LogP) is 1.26. The van der Waals surface area contributed by atoms with Gasteiger partial charge in [0.1, 0.15) is 0 Å². The highest BCUT2D eigenvalue weighted by atomic mass is 15.6. The second-order valence-corrected chi connectivity index (χ2v) is 3.24. The first-order valence-electron chi connectivity index (χ1n) is 4.79. The van der Waals surface area contributed by atoms with Crippen LogP contribution in [0, 0.1) is 0 Å². The molecule has 2 aromatic heterocycles. The number of hydrogen-bond acceptors (Lipinski definition) is 5. The van der Waals surface area contributed by atoms with E-state index in [4.69, 9.17) is 0 Å².